The number of aliphatic hydroxyl groups excluding tert-OH is 6. The summed E-state index contributed by atoms with van der Waals surface area (Å²) < 4.78 is 0. The summed E-state index contributed by atoms with van der Waals surface area (Å²) in [5.74, 6) is -0.664. The number of rotatable bonds is 20. The predicted molar refractivity (Wildman–Crippen MR) is 125 cm³/mol. The average molecular weight is 465 g/mol. The number of carboxylic acids is 1. The molecule has 4 atom stereocenters. The third kappa shape index (κ3) is 22.2. The summed E-state index contributed by atoms with van der Waals surface area (Å²) in [4.78, 5) is 10.3. The number of unbranched alkanes of at least 4 members (excludes halogenated alkanes) is 11. The fraction of sp³-hybridized carbons (Fsp3) is 0.875. The maximum Gasteiger partial charge on any atom is 0.303 e. The van der Waals surface area contributed by atoms with E-state index in [2.05, 4.69) is 19.1 Å². The van der Waals surface area contributed by atoms with E-state index in [0.717, 1.165) is 12.8 Å². The summed E-state index contributed by atoms with van der Waals surface area (Å²) in [5.41, 5.74) is 0. The van der Waals surface area contributed by atoms with Crippen LogP contribution in [-0.4, -0.2) is 79.3 Å². The summed E-state index contributed by atoms with van der Waals surface area (Å²) >= 11 is 0. The second kappa shape index (κ2) is 24.6. The molecule has 0 aliphatic carbocycles. The van der Waals surface area contributed by atoms with Crippen molar-refractivity contribution in [3.63, 3.8) is 0 Å². The molecule has 0 aliphatic heterocycles. The van der Waals surface area contributed by atoms with Gasteiger partial charge in [0.2, 0.25) is 0 Å². The van der Waals surface area contributed by atoms with Crippen LogP contribution in [0.4, 0.5) is 0 Å². The van der Waals surface area contributed by atoms with Gasteiger partial charge in [-0.05, 0) is 32.1 Å². The molecule has 0 radical (unpaired) electrons. The molecule has 0 aliphatic rings. The van der Waals surface area contributed by atoms with Crippen LogP contribution in [0.25, 0.3) is 0 Å². The van der Waals surface area contributed by atoms with Crippen LogP contribution in [0.2, 0.25) is 0 Å². The first-order chi connectivity index (χ1) is 15.3. The molecule has 0 heterocycles. The van der Waals surface area contributed by atoms with E-state index < -0.39 is 43.6 Å². The van der Waals surface area contributed by atoms with Crippen molar-refractivity contribution in [2.45, 2.75) is 121 Å². The Labute approximate surface area is 193 Å². The van der Waals surface area contributed by atoms with E-state index in [1.165, 1.54) is 70.6 Å². The molecule has 8 heteroatoms. The Hall–Kier alpha value is -1.03. The lowest BCUT2D eigenvalue weighted by molar-refractivity contribution is -0.137. The molecule has 32 heavy (non-hydrogen) atoms. The number of allylic oxidation sites excluding steroid dienone is 2. The molecule has 0 bridgehead atoms. The van der Waals surface area contributed by atoms with Crippen molar-refractivity contribution < 1.29 is 40.5 Å². The fourth-order valence-corrected chi connectivity index (χ4v) is 3.02. The average Bonchev–Trinajstić information content (AvgIpc) is 2.79. The zero-order chi connectivity index (χ0) is 24.6. The van der Waals surface area contributed by atoms with Gasteiger partial charge in [-0.2, -0.15) is 0 Å². The summed E-state index contributed by atoms with van der Waals surface area (Å²) in [7, 11) is 0. The molecule has 0 saturated carbocycles. The first kappa shape index (κ1) is 33.1. The summed E-state index contributed by atoms with van der Waals surface area (Å²) in [6.07, 6.45) is 14.8. The second-order valence-corrected chi connectivity index (χ2v) is 8.21. The molecule has 0 saturated heterocycles. The Bertz CT molecular complexity index is 416. The molecule has 0 aromatic heterocycles. The van der Waals surface area contributed by atoms with Crippen LogP contribution in [-0.2, 0) is 4.79 Å². The zero-order valence-corrected chi connectivity index (χ0v) is 19.8. The van der Waals surface area contributed by atoms with Crippen molar-refractivity contribution in [2.75, 3.05) is 13.2 Å². The zero-order valence-electron chi connectivity index (χ0n) is 19.8. The molecule has 8 nitrogen and oxygen atoms in total. The maximum absolute atomic E-state index is 10.3. The van der Waals surface area contributed by atoms with E-state index in [4.69, 9.17) is 35.7 Å². The van der Waals surface area contributed by atoms with Crippen LogP contribution in [0.1, 0.15) is 96.8 Å². The molecule has 0 aromatic rings. The first-order valence-electron chi connectivity index (χ1n) is 12.1. The molecular formula is C24H48O8. The van der Waals surface area contributed by atoms with Gasteiger partial charge in [0.05, 0.1) is 13.2 Å². The monoisotopic (exact) mass is 464 g/mol. The number of hydrogen-bond donors (Lipinski definition) is 7. The Kier molecular flexibility index (Phi) is 25.5. The van der Waals surface area contributed by atoms with E-state index in [0.29, 0.717) is 6.42 Å². The van der Waals surface area contributed by atoms with Gasteiger partial charge in [0, 0.05) is 6.42 Å². The van der Waals surface area contributed by atoms with Gasteiger partial charge in [0.15, 0.2) is 0 Å². The van der Waals surface area contributed by atoms with Crippen LogP contribution in [0, 0.1) is 0 Å². The SMILES string of the molecule is CCCCCCCC/C=C\CCCCCCCC(=O)O.OC[C@@H](O)[C@@H](O)[C@H](O)[C@H](O)CO. The molecule has 7 N–H and O–H groups in total. The minimum atomic E-state index is -1.67. The van der Waals surface area contributed by atoms with Gasteiger partial charge < -0.3 is 35.7 Å². The number of aliphatic carboxylic acids is 1. The van der Waals surface area contributed by atoms with Crippen molar-refractivity contribution in [3.05, 3.63) is 12.2 Å². The van der Waals surface area contributed by atoms with E-state index in [1.54, 1.807) is 0 Å². The Balaban J connectivity index is 0. The highest BCUT2D eigenvalue weighted by Gasteiger charge is 2.29. The maximum atomic E-state index is 10.3. The Morgan fingerprint density at radius 3 is 1.41 bits per heavy atom. The minimum Gasteiger partial charge on any atom is -0.481 e. The van der Waals surface area contributed by atoms with Gasteiger partial charge >= 0.3 is 5.97 Å². The van der Waals surface area contributed by atoms with E-state index >= 15 is 0 Å². The lowest BCUT2D eigenvalue weighted by atomic mass is 10.0. The summed E-state index contributed by atoms with van der Waals surface area (Å²) in [6.45, 7) is 0.807. The molecule has 0 aromatic carbocycles. The lowest BCUT2D eigenvalue weighted by Gasteiger charge is -2.24. The smallest absolute Gasteiger partial charge is 0.303 e. The second-order valence-electron chi connectivity index (χ2n) is 8.21. The standard InChI is InChI=1S/C18H34O2.C6H14O6/c1-2-3-4-5-6-7-8-9-10-11-12-13-14-15-16-17-18(19)20;7-1-3(9)5(11)6(12)4(10)2-8/h9-10H,2-8,11-17H2,1H3,(H,19,20);3-12H,1-2H2/b10-9-;/t;3-,4-,5-,6-/m.1/s1. The molecule has 192 valence electrons. The normalized spacial score (nSPS) is 15.1. The van der Waals surface area contributed by atoms with Crippen LogP contribution < -0.4 is 0 Å². The molecule has 0 fully saturated rings. The van der Waals surface area contributed by atoms with Crippen LogP contribution >= 0.6 is 0 Å². The number of carbonyl (C=O) groups is 1. The highest BCUT2D eigenvalue weighted by atomic mass is 16.4. The molecule has 0 rings (SSSR count). The number of aliphatic hydroxyl groups is 6. The van der Waals surface area contributed by atoms with Crippen LogP contribution in [0.15, 0.2) is 12.2 Å². The summed E-state index contributed by atoms with van der Waals surface area (Å²) in [6, 6.07) is 0. The Morgan fingerprint density at radius 2 is 1.03 bits per heavy atom. The molecular weight excluding hydrogens is 416 g/mol. The highest BCUT2D eigenvalue weighted by molar-refractivity contribution is 5.66. The number of hydrogen-bond acceptors (Lipinski definition) is 7. The minimum absolute atomic E-state index is 0.332. The van der Waals surface area contributed by atoms with Crippen molar-refractivity contribution >= 4 is 5.97 Å². The largest absolute Gasteiger partial charge is 0.481 e. The van der Waals surface area contributed by atoms with Gasteiger partial charge in [-0.25, -0.2) is 0 Å². The van der Waals surface area contributed by atoms with Gasteiger partial charge in [0.1, 0.15) is 24.4 Å². The Morgan fingerprint density at radius 1 is 0.656 bits per heavy atom. The van der Waals surface area contributed by atoms with Gasteiger partial charge in [-0.3, -0.25) is 4.79 Å². The first-order valence-corrected chi connectivity index (χ1v) is 12.1. The quantitative estimate of drug-likeness (QED) is 0.107. The van der Waals surface area contributed by atoms with E-state index in [1.807, 2.05) is 0 Å². The third-order valence-electron chi connectivity index (χ3n) is 5.16. The third-order valence-corrected chi connectivity index (χ3v) is 5.16. The van der Waals surface area contributed by atoms with Gasteiger partial charge in [0.25, 0.3) is 0 Å². The van der Waals surface area contributed by atoms with E-state index in [9.17, 15) is 4.79 Å². The van der Waals surface area contributed by atoms with Crippen molar-refractivity contribution in [1.82, 2.24) is 0 Å². The topological polar surface area (TPSA) is 159 Å². The van der Waals surface area contributed by atoms with Crippen LogP contribution in [0.3, 0.4) is 0 Å². The lowest BCUT2D eigenvalue weighted by Crippen LogP contribution is -2.46. The number of carboxylic acid groups (broad SMARTS) is 1. The van der Waals surface area contributed by atoms with Gasteiger partial charge in [-0.1, -0.05) is 70.4 Å². The molecule has 0 spiro atoms. The predicted octanol–water partition coefficient (Wildman–Crippen LogP) is 2.52. The van der Waals surface area contributed by atoms with Crippen LogP contribution in [0.5, 0.6) is 0 Å². The van der Waals surface area contributed by atoms with Crippen molar-refractivity contribution in [1.29, 1.82) is 0 Å². The molecule has 0 unspecified atom stereocenters. The summed E-state index contributed by atoms with van der Waals surface area (Å²) in [5, 5.41) is 60.7. The van der Waals surface area contributed by atoms with E-state index in [-0.39, 0.29) is 0 Å². The van der Waals surface area contributed by atoms with Crippen molar-refractivity contribution in [2.24, 2.45) is 0 Å². The highest BCUT2D eigenvalue weighted by Crippen LogP contribution is 2.10. The van der Waals surface area contributed by atoms with Crippen molar-refractivity contribution in [3.8, 4) is 0 Å². The van der Waals surface area contributed by atoms with Gasteiger partial charge in [-0.15, -0.1) is 0 Å². The molecule has 0 amide bonds. The fourth-order valence-electron chi connectivity index (χ4n) is 3.02.